The molecule has 3 nitrogen and oxygen atoms in total. The number of anilines is 1. The summed E-state index contributed by atoms with van der Waals surface area (Å²) in [6.45, 7) is 1.95. The summed E-state index contributed by atoms with van der Waals surface area (Å²) in [4.78, 5) is 13.3. The molecular weight excluding hydrogens is 200 g/mol. The van der Waals surface area contributed by atoms with Crippen LogP contribution in [0.1, 0.15) is 0 Å². The zero-order chi connectivity index (χ0) is 9.97. The van der Waals surface area contributed by atoms with Gasteiger partial charge in [-0.15, -0.1) is 0 Å². The lowest BCUT2D eigenvalue weighted by molar-refractivity contribution is -0.118. The summed E-state index contributed by atoms with van der Waals surface area (Å²) in [6, 6.07) is 7.37. The number of carbonyl (C=O) groups is 1. The maximum absolute atomic E-state index is 11.5. The van der Waals surface area contributed by atoms with Crippen LogP contribution in [0, 0.1) is 0 Å². The van der Waals surface area contributed by atoms with Gasteiger partial charge < -0.3 is 10.2 Å². The van der Waals surface area contributed by atoms with Crippen molar-refractivity contribution >= 4 is 23.2 Å². The number of halogens is 1. The molecule has 1 amide bonds. The largest absolute Gasteiger partial charge is 0.310 e. The van der Waals surface area contributed by atoms with Crippen LogP contribution in [0.2, 0.25) is 5.02 Å². The van der Waals surface area contributed by atoms with Crippen molar-refractivity contribution in [2.45, 2.75) is 0 Å². The Balaban J connectivity index is 2.24. The molecule has 4 heteroatoms. The van der Waals surface area contributed by atoms with Crippen LogP contribution in [0.15, 0.2) is 24.3 Å². The molecule has 0 aliphatic carbocycles. The van der Waals surface area contributed by atoms with Crippen LogP contribution < -0.4 is 10.2 Å². The summed E-state index contributed by atoms with van der Waals surface area (Å²) < 4.78 is 0. The molecular formula is C10H11ClN2O. The van der Waals surface area contributed by atoms with Gasteiger partial charge in [0.05, 0.1) is 6.54 Å². The zero-order valence-electron chi connectivity index (χ0n) is 7.66. The summed E-state index contributed by atoms with van der Waals surface area (Å²) in [5.74, 6) is 0.0958. The van der Waals surface area contributed by atoms with Gasteiger partial charge in [-0.05, 0) is 18.2 Å². The van der Waals surface area contributed by atoms with Gasteiger partial charge in [0.25, 0.3) is 0 Å². The standard InChI is InChI=1S/C10H11ClN2O/c11-8-2-1-3-9(6-8)13-5-4-12-7-10(13)14/h1-3,6,12H,4-5,7H2. The topological polar surface area (TPSA) is 32.3 Å². The van der Waals surface area contributed by atoms with Gasteiger partial charge in [-0.3, -0.25) is 4.79 Å². The van der Waals surface area contributed by atoms with E-state index in [1.54, 1.807) is 11.0 Å². The lowest BCUT2D eigenvalue weighted by Gasteiger charge is -2.27. The van der Waals surface area contributed by atoms with E-state index >= 15 is 0 Å². The summed E-state index contributed by atoms with van der Waals surface area (Å²) in [7, 11) is 0. The van der Waals surface area contributed by atoms with Crippen molar-refractivity contribution in [3.8, 4) is 0 Å². The number of nitrogens with zero attached hydrogens (tertiary/aromatic N) is 1. The van der Waals surface area contributed by atoms with Crippen molar-refractivity contribution in [3.05, 3.63) is 29.3 Å². The molecule has 1 fully saturated rings. The van der Waals surface area contributed by atoms with E-state index in [1.165, 1.54) is 0 Å². The maximum Gasteiger partial charge on any atom is 0.240 e. The molecule has 1 heterocycles. The van der Waals surface area contributed by atoms with E-state index < -0.39 is 0 Å². The van der Waals surface area contributed by atoms with Crippen molar-refractivity contribution in [1.29, 1.82) is 0 Å². The molecule has 1 aromatic carbocycles. The molecule has 0 spiro atoms. The normalized spacial score (nSPS) is 17.2. The van der Waals surface area contributed by atoms with Crippen LogP contribution >= 0.6 is 11.6 Å². The molecule has 1 aliphatic heterocycles. The summed E-state index contributed by atoms with van der Waals surface area (Å²) in [5, 5.41) is 3.69. The second-order valence-electron chi connectivity index (χ2n) is 3.20. The average Bonchev–Trinajstić information content (AvgIpc) is 2.18. The zero-order valence-corrected chi connectivity index (χ0v) is 8.42. The van der Waals surface area contributed by atoms with E-state index in [1.807, 2.05) is 18.2 Å². The van der Waals surface area contributed by atoms with E-state index in [0.717, 1.165) is 12.2 Å². The lowest BCUT2D eigenvalue weighted by Crippen LogP contribution is -2.48. The first kappa shape index (κ1) is 9.49. The van der Waals surface area contributed by atoms with Crippen molar-refractivity contribution in [2.24, 2.45) is 0 Å². The third-order valence-corrected chi connectivity index (χ3v) is 2.44. The average molecular weight is 211 g/mol. The molecule has 0 saturated carbocycles. The van der Waals surface area contributed by atoms with Crippen molar-refractivity contribution in [2.75, 3.05) is 24.5 Å². The molecule has 0 radical (unpaired) electrons. The number of hydrogen-bond acceptors (Lipinski definition) is 2. The molecule has 1 aromatic rings. The van der Waals surface area contributed by atoms with Gasteiger partial charge in [0.2, 0.25) is 5.91 Å². The quantitative estimate of drug-likeness (QED) is 0.758. The number of benzene rings is 1. The van der Waals surface area contributed by atoms with Gasteiger partial charge in [-0.1, -0.05) is 17.7 Å². The predicted octanol–water partition coefficient (Wildman–Crippen LogP) is 1.28. The summed E-state index contributed by atoms with van der Waals surface area (Å²) >= 11 is 5.86. The van der Waals surface area contributed by atoms with Gasteiger partial charge in [0.1, 0.15) is 0 Å². The SMILES string of the molecule is O=C1CNCCN1c1cccc(Cl)c1. The molecule has 1 aliphatic rings. The van der Waals surface area contributed by atoms with Crippen LogP contribution in [0.4, 0.5) is 5.69 Å². The third kappa shape index (κ3) is 1.89. The molecule has 1 N–H and O–H groups in total. The predicted molar refractivity (Wildman–Crippen MR) is 56.7 cm³/mol. The molecule has 1 saturated heterocycles. The minimum atomic E-state index is 0.0958. The Morgan fingerprint density at radius 3 is 3.00 bits per heavy atom. The van der Waals surface area contributed by atoms with Crippen molar-refractivity contribution < 1.29 is 4.79 Å². The molecule has 74 valence electrons. The fourth-order valence-corrected chi connectivity index (χ4v) is 1.71. The molecule has 0 atom stereocenters. The molecule has 2 rings (SSSR count). The number of nitrogens with one attached hydrogen (secondary N) is 1. The van der Waals surface area contributed by atoms with Gasteiger partial charge in [-0.2, -0.15) is 0 Å². The Bertz CT molecular complexity index is 354. The lowest BCUT2D eigenvalue weighted by atomic mass is 10.2. The van der Waals surface area contributed by atoms with E-state index in [0.29, 0.717) is 18.1 Å². The van der Waals surface area contributed by atoms with Crippen LogP contribution in [-0.2, 0) is 4.79 Å². The Kier molecular flexibility index (Phi) is 2.70. The fraction of sp³-hybridized carbons (Fsp3) is 0.300. The van der Waals surface area contributed by atoms with Crippen molar-refractivity contribution in [1.82, 2.24) is 5.32 Å². The Morgan fingerprint density at radius 2 is 2.29 bits per heavy atom. The number of amides is 1. The highest BCUT2D eigenvalue weighted by Gasteiger charge is 2.18. The Morgan fingerprint density at radius 1 is 1.43 bits per heavy atom. The first-order chi connectivity index (χ1) is 6.77. The first-order valence-corrected chi connectivity index (χ1v) is 4.92. The second kappa shape index (κ2) is 3.98. The van der Waals surface area contributed by atoms with E-state index in [2.05, 4.69) is 5.32 Å². The number of carbonyl (C=O) groups excluding carboxylic acids is 1. The third-order valence-electron chi connectivity index (χ3n) is 2.21. The fourth-order valence-electron chi connectivity index (χ4n) is 1.52. The van der Waals surface area contributed by atoms with Gasteiger partial charge in [0.15, 0.2) is 0 Å². The molecule has 0 bridgehead atoms. The summed E-state index contributed by atoms with van der Waals surface area (Å²) in [6.07, 6.45) is 0. The van der Waals surface area contributed by atoms with Gasteiger partial charge in [-0.25, -0.2) is 0 Å². The Hall–Kier alpha value is -1.06. The van der Waals surface area contributed by atoms with E-state index in [9.17, 15) is 4.79 Å². The highest BCUT2D eigenvalue weighted by molar-refractivity contribution is 6.30. The van der Waals surface area contributed by atoms with Crippen molar-refractivity contribution in [3.63, 3.8) is 0 Å². The number of rotatable bonds is 1. The van der Waals surface area contributed by atoms with Crippen LogP contribution in [0.3, 0.4) is 0 Å². The van der Waals surface area contributed by atoms with Gasteiger partial charge in [0, 0.05) is 23.8 Å². The maximum atomic E-state index is 11.5. The number of piperazine rings is 1. The van der Waals surface area contributed by atoms with Crippen LogP contribution in [0.25, 0.3) is 0 Å². The first-order valence-electron chi connectivity index (χ1n) is 4.54. The summed E-state index contributed by atoms with van der Waals surface area (Å²) in [5.41, 5.74) is 0.879. The van der Waals surface area contributed by atoms with E-state index in [4.69, 9.17) is 11.6 Å². The number of hydrogen-bond donors (Lipinski definition) is 1. The second-order valence-corrected chi connectivity index (χ2v) is 3.64. The molecule has 0 aromatic heterocycles. The Labute approximate surface area is 87.7 Å². The van der Waals surface area contributed by atoms with E-state index in [-0.39, 0.29) is 5.91 Å². The highest BCUT2D eigenvalue weighted by Crippen LogP contribution is 2.19. The highest BCUT2D eigenvalue weighted by atomic mass is 35.5. The molecule has 0 unspecified atom stereocenters. The minimum absolute atomic E-state index is 0.0958. The smallest absolute Gasteiger partial charge is 0.240 e. The van der Waals surface area contributed by atoms with Crippen LogP contribution in [-0.4, -0.2) is 25.5 Å². The van der Waals surface area contributed by atoms with Crippen LogP contribution in [0.5, 0.6) is 0 Å². The van der Waals surface area contributed by atoms with Gasteiger partial charge >= 0.3 is 0 Å². The molecule has 14 heavy (non-hydrogen) atoms. The minimum Gasteiger partial charge on any atom is -0.310 e. The monoisotopic (exact) mass is 210 g/mol.